The van der Waals surface area contributed by atoms with Crippen molar-refractivity contribution in [1.29, 1.82) is 0 Å². The van der Waals surface area contributed by atoms with Gasteiger partial charge in [-0.05, 0) is 35.5 Å². The molecule has 1 aromatic rings. The summed E-state index contributed by atoms with van der Waals surface area (Å²) < 4.78 is 18.2. The maximum atomic E-state index is 13.7. The average molecular weight is 565 g/mol. The van der Waals surface area contributed by atoms with Gasteiger partial charge in [-0.2, -0.15) is 0 Å². The minimum absolute atomic E-state index is 0.0466. The summed E-state index contributed by atoms with van der Waals surface area (Å²) in [6.45, 7) is 14.9. The largest absolute Gasteiger partial charge is 0.461 e. The van der Waals surface area contributed by atoms with Gasteiger partial charge in [0.1, 0.15) is 24.1 Å². The van der Waals surface area contributed by atoms with Gasteiger partial charge in [0.05, 0.1) is 11.5 Å². The van der Waals surface area contributed by atoms with Gasteiger partial charge < -0.3 is 19.3 Å². The highest BCUT2D eigenvalue weighted by molar-refractivity contribution is 5.88. The Morgan fingerprint density at radius 1 is 1.00 bits per heavy atom. The van der Waals surface area contributed by atoms with Crippen molar-refractivity contribution in [2.75, 3.05) is 0 Å². The number of ketones is 1. The molecule has 0 aliphatic heterocycles. The minimum Gasteiger partial charge on any atom is -0.461 e. The van der Waals surface area contributed by atoms with Gasteiger partial charge in [-0.3, -0.25) is 14.4 Å². The van der Waals surface area contributed by atoms with Gasteiger partial charge in [-0.15, -0.1) is 0 Å². The van der Waals surface area contributed by atoms with Gasteiger partial charge in [0.2, 0.25) is 0 Å². The molecule has 41 heavy (non-hydrogen) atoms. The second kappa shape index (κ2) is 9.65. The van der Waals surface area contributed by atoms with Crippen LogP contribution in [0.25, 0.3) is 6.08 Å². The number of carbonyl (C=O) groups excluding carboxylic acids is 4. The van der Waals surface area contributed by atoms with E-state index < -0.39 is 75.8 Å². The van der Waals surface area contributed by atoms with Crippen LogP contribution in [-0.4, -0.2) is 53.2 Å². The highest BCUT2D eigenvalue weighted by Crippen LogP contribution is 2.86. The Labute approximate surface area is 241 Å². The number of aliphatic hydroxyl groups is 1. The number of ether oxygens (including phenoxy) is 3. The van der Waals surface area contributed by atoms with Gasteiger partial charge in [0, 0.05) is 49.0 Å². The molecule has 4 saturated carbocycles. The average Bonchev–Trinajstić information content (AvgIpc) is 3.14. The number of esters is 3. The number of aliphatic hydroxyl groups excluding tert-OH is 1. The van der Waals surface area contributed by atoms with Crippen LogP contribution in [0, 0.1) is 33.5 Å². The number of rotatable bonds is 5. The summed E-state index contributed by atoms with van der Waals surface area (Å²) in [5.41, 5.74) is -2.81. The molecule has 0 amide bonds. The Hall–Kier alpha value is -3.26. The van der Waals surface area contributed by atoms with E-state index in [1.165, 1.54) is 19.9 Å². The first-order valence-corrected chi connectivity index (χ1v) is 14.4. The molecule has 8 nitrogen and oxygen atoms in total. The van der Waals surface area contributed by atoms with Crippen LogP contribution in [0.15, 0.2) is 48.6 Å². The van der Waals surface area contributed by atoms with E-state index in [0.29, 0.717) is 18.4 Å². The van der Waals surface area contributed by atoms with Crippen molar-refractivity contribution >= 4 is 29.8 Å². The lowest BCUT2D eigenvalue weighted by Crippen LogP contribution is -2.63. The first-order valence-electron chi connectivity index (χ1n) is 14.4. The molecule has 0 saturated heterocycles. The minimum atomic E-state index is -1.22. The highest BCUT2D eigenvalue weighted by atomic mass is 16.6. The van der Waals surface area contributed by atoms with Crippen molar-refractivity contribution in [3.63, 3.8) is 0 Å². The molecule has 4 aliphatic rings. The third-order valence-electron chi connectivity index (χ3n) is 11.2. The Bertz CT molecular complexity index is 1330. The van der Waals surface area contributed by atoms with E-state index in [2.05, 4.69) is 6.58 Å². The Morgan fingerprint density at radius 2 is 1.61 bits per heavy atom. The van der Waals surface area contributed by atoms with Crippen LogP contribution in [0.1, 0.15) is 66.4 Å². The van der Waals surface area contributed by atoms with E-state index in [1.54, 1.807) is 6.08 Å². The van der Waals surface area contributed by atoms with E-state index >= 15 is 0 Å². The first kappa shape index (κ1) is 29.2. The summed E-state index contributed by atoms with van der Waals surface area (Å²) in [6, 6.07) is 9.37. The maximum Gasteiger partial charge on any atom is 0.331 e. The van der Waals surface area contributed by atoms with Crippen molar-refractivity contribution in [2.24, 2.45) is 33.5 Å². The Morgan fingerprint density at radius 3 is 2.22 bits per heavy atom. The number of Topliss-reactive ketones (excluding diaryl/α,β-unsaturated/α-hetero) is 1. The molecule has 4 aliphatic carbocycles. The van der Waals surface area contributed by atoms with Crippen LogP contribution < -0.4 is 0 Å². The topological polar surface area (TPSA) is 116 Å². The molecule has 2 bridgehead atoms. The molecule has 5 rings (SSSR count). The van der Waals surface area contributed by atoms with Crippen LogP contribution in [0.2, 0.25) is 0 Å². The fraction of sp³-hybridized carbons (Fsp3) is 0.576. The normalized spacial score (nSPS) is 40.6. The zero-order chi connectivity index (χ0) is 30.1. The molecule has 4 unspecified atom stereocenters. The fourth-order valence-corrected chi connectivity index (χ4v) is 9.83. The van der Waals surface area contributed by atoms with Crippen molar-refractivity contribution in [1.82, 2.24) is 0 Å². The predicted molar refractivity (Wildman–Crippen MR) is 150 cm³/mol. The van der Waals surface area contributed by atoms with E-state index in [-0.39, 0.29) is 12.2 Å². The molecule has 1 aromatic carbocycles. The van der Waals surface area contributed by atoms with Crippen LogP contribution in [-0.2, 0) is 33.4 Å². The summed E-state index contributed by atoms with van der Waals surface area (Å²) in [7, 11) is 0. The highest BCUT2D eigenvalue weighted by Gasteiger charge is 2.91. The van der Waals surface area contributed by atoms with Gasteiger partial charge in [0.15, 0.2) is 0 Å². The fourth-order valence-electron chi connectivity index (χ4n) is 9.83. The Kier molecular flexibility index (Phi) is 6.88. The Balaban J connectivity index is 1.69. The van der Waals surface area contributed by atoms with Gasteiger partial charge in [-0.25, -0.2) is 4.79 Å². The molecule has 0 aromatic heterocycles. The lowest BCUT2D eigenvalue weighted by atomic mass is 9.42. The van der Waals surface area contributed by atoms with Crippen molar-refractivity contribution in [2.45, 2.75) is 85.2 Å². The summed E-state index contributed by atoms with van der Waals surface area (Å²) in [4.78, 5) is 52.0. The van der Waals surface area contributed by atoms with Crippen LogP contribution >= 0.6 is 0 Å². The monoisotopic (exact) mass is 564 g/mol. The summed E-state index contributed by atoms with van der Waals surface area (Å²) in [6.07, 6.45) is 0.0763. The second-order valence-corrected chi connectivity index (χ2v) is 13.1. The van der Waals surface area contributed by atoms with E-state index in [9.17, 15) is 24.3 Å². The molecule has 0 radical (unpaired) electrons. The summed E-state index contributed by atoms with van der Waals surface area (Å²) >= 11 is 0. The zero-order valence-corrected chi connectivity index (χ0v) is 24.6. The molecule has 2 spiro atoms. The second-order valence-electron chi connectivity index (χ2n) is 13.1. The molecule has 8 heteroatoms. The number of benzene rings is 1. The van der Waals surface area contributed by atoms with E-state index in [4.69, 9.17) is 14.2 Å². The molecule has 0 heterocycles. The third kappa shape index (κ3) is 3.62. The SMILES string of the molecule is C=C1[C@@H](OC(=O)/C=C/c2ccccc2)CC[C@@]2(C)[C@@H](O)[C@H](OC(C)=O)C34C(C)C(=O)C[C@@H](C(OC(C)=O)C132)C4(C)C. The van der Waals surface area contributed by atoms with E-state index in [1.807, 2.05) is 58.0 Å². The van der Waals surface area contributed by atoms with Gasteiger partial charge >= 0.3 is 17.9 Å². The van der Waals surface area contributed by atoms with Crippen LogP contribution in [0.3, 0.4) is 0 Å². The summed E-state index contributed by atoms with van der Waals surface area (Å²) in [5, 5.41) is 12.1. The number of fused-ring (bicyclic) bond motifs is 1. The van der Waals surface area contributed by atoms with Crippen molar-refractivity contribution in [3.8, 4) is 0 Å². The van der Waals surface area contributed by atoms with Crippen molar-refractivity contribution < 1.29 is 38.5 Å². The lowest BCUT2D eigenvalue weighted by Gasteiger charge is -2.60. The molecule has 1 N–H and O–H groups in total. The zero-order valence-electron chi connectivity index (χ0n) is 24.6. The quantitative estimate of drug-likeness (QED) is 0.242. The van der Waals surface area contributed by atoms with Gasteiger partial charge in [0.25, 0.3) is 0 Å². The molecular formula is C33H40O8. The summed E-state index contributed by atoms with van der Waals surface area (Å²) in [5.74, 6) is -2.79. The van der Waals surface area contributed by atoms with E-state index in [0.717, 1.165) is 5.56 Å². The first-order chi connectivity index (χ1) is 19.2. The predicted octanol–water partition coefficient (Wildman–Crippen LogP) is 4.44. The van der Waals surface area contributed by atoms with Crippen LogP contribution in [0.4, 0.5) is 0 Å². The van der Waals surface area contributed by atoms with Crippen molar-refractivity contribution in [3.05, 3.63) is 54.1 Å². The third-order valence-corrected chi connectivity index (χ3v) is 11.2. The number of hydrogen-bond donors (Lipinski definition) is 1. The standard InChI is InChI=1S/C33H40O8/c1-18-24(36)17-23-28(39-20(3)34)33-19(2)25(41-26(37)14-13-22-11-9-8-10-12-22)15-16-31(33,7)27(38)29(40-21(4)35)32(18,33)30(23,5)6/h8-14,18,23,25,27-29,38H,2,15-17H2,1,3-7H3/b14-13+/t18?,23-,25-,27-,28?,29-,31-,32?,33?/m0/s1. The van der Waals surface area contributed by atoms with Gasteiger partial charge in [-0.1, -0.05) is 64.6 Å². The molecule has 4 fully saturated rings. The molecule has 220 valence electrons. The maximum absolute atomic E-state index is 13.7. The number of carbonyl (C=O) groups is 4. The van der Waals surface area contributed by atoms with Crippen LogP contribution in [0.5, 0.6) is 0 Å². The lowest BCUT2D eigenvalue weighted by molar-refractivity contribution is -0.191. The molecular weight excluding hydrogens is 524 g/mol. The number of hydrogen-bond acceptors (Lipinski definition) is 8. The smallest absolute Gasteiger partial charge is 0.331 e. The molecule has 9 atom stereocenters.